The summed E-state index contributed by atoms with van der Waals surface area (Å²) < 4.78 is 41.6. The molecule has 0 spiro atoms. The molecule has 0 unspecified atom stereocenters. The molecule has 1 aliphatic heterocycles. The van der Waals surface area contributed by atoms with Crippen LogP contribution in [-0.2, 0) is 20.9 Å². The Morgan fingerprint density at radius 2 is 1.81 bits per heavy atom. The van der Waals surface area contributed by atoms with Crippen molar-refractivity contribution in [2.24, 2.45) is 5.92 Å². The number of nitro benzene ring substituents is 1. The summed E-state index contributed by atoms with van der Waals surface area (Å²) in [4.78, 5) is 34.5. The highest BCUT2D eigenvalue weighted by molar-refractivity contribution is 5.94. The Hall–Kier alpha value is -2.91. The lowest BCUT2D eigenvalue weighted by molar-refractivity contribution is -0.384. The lowest BCUT2D eigenvalue weighted by atomic mass is 9.97. The van der Waals surface area contributed by atoms with E-state index in [-0.39, 0.29) is 18.2 Å². The van der Waals surface area contributed by atoms with Gasteiger partial charge in [-0.2, -0.15) is 13.2 Å². The second kappa shape index (κ2) is 8.65. The highest BCUT2D eigenvalue weighted by Crippen LogP contribution is 2.21. The highest BCUT2D eigenvalue weighted by atomic mass is 19.4. The number of ether oxygens (including phenoxy) is 1. The van der Waals surface area contributed by atoms with E-state index in [1.54, 1.807) is 4.90 Å². The van der Waals surface area contributed by atoms with Gasteiger partial charge >= 0.3 is 12.1 Å². The van der Waals surface area contributed by atoms with Gasteiger partial charge in [0, 0.05) is 37.5 Å². The summed E-state index contributed by atoms with van der Waals surface area (Å²) in [6.07, 6.45) is -2.54. The molecule has 0 N–H and O–H groups in total. The maximum atomic E-state index is 12.1. The number of carbonyl (C=O) groups is 2. The first kappa shape index (κ1) is 20.4. The quantitative estimate of drug-likeness (QED) is 0.323. The number of esters is 1. The number of hydrogen-bond acceptors (Lipinski definition) is 6. The number of carbonyl (C=O) groups excluding carboxylic acids is 2. The number of allylic oxidation sites excluding steroid dienone is 1. The fourth-order valence-corrected chi connectivity index (χ4v) is 2.54. The average Bonchev–Trinajstić information content (AvgIpc) is 2.64. The second-order valence-electron chi connectivity index (χ2n) is 6.02. The number of nitro groups is 1. The molecule has 1 aliphatic rings. The van der Waals surface area contributed by atoms with Gasteiger partial charge in [0.05, 0.1) is 10.8 Å². The number of ketones is 1. The van der Waals surface area contributed by atoms with Gasteiger partial charge in [0.15, 0.2) is 0 Å². The van der Waals surface area contributed by atoms with Crippen molar-refractivity contribution in [3.05, 3.63) is 52.2 Å². The van der Waals surface area contributed by atoms with E-state index in [4.69, 9.17) is 4.74 Å². The predicted octanol–water partition coefficient (Wildman–Crippen LogP) is 3.00. The Kier molecular flexibility index (Phi) is 6.54. The second-order valence-corrected chi connectivity index (χ2v) is 6.02. The third kappa shape index (κ3) is 6.08. The third-order valence-corrected chi connectivity index (χ3v) is 4.11. The molecule has 0 aliphatic carbocycles. The molecule has 1 aromatic rings. The van der Waals surface area contributed by atoms with Crippen LogP contribution in [0.3, 0.4) is 0 Å². The number of likely N-dealkylation sites (tertiary alicyclic amines) is 1. The van der Waals surface area contributed by atoms with Crippen LogP contribution >= 0.6 is 0 Å². The zero-order valence-corrected chi connectivity index (χ0v) is 14.1. The summed E-state index contributed by atoms with van der Waals surface area (Å²) in [5.74, 6) is -2.73. The molecule has 10 heteroatoms. The molecule has 1 fully saturated rings. The van der Waals surface area contributed by atoms with Crippen LogP contribution < -0.4 is 0 Å². The van der Waals surface area contributed by atoms with Crippen molar-refractivity contribution < 1.29 is 32.4 Å². The highest BCUT2D eigenvalue weighted by Gasteiger charge is 2.36. The van der Waals surface area contributed by atoms with Crippen LogP contribution in [0.2, 0.25) is 0 Å². The Balaban J connectivity index is 1.77. The molecule has 0 bridgehead atoms. The fraction of sp³-hybridized carbons (Fsp3) is 0.412. The van der Waals surface area contributed by atoms with Crippen molar-refractivity contribution in [3.8, 4) is 0 Å². The molecule has 7 nitrogen and oxygen atoms in total. The maximum Gasteiger partial charge on any atom is 0.454 e. The predicted molar refractivity (Wildman–Crippen MR) is 87.4 cm³/mol. The van der Waals surface area contributed by atoms with Crippen molar-refractivity contribution in [2.75, 3.05) is 13.1 Å². The number of hydrogen-bond donors (Lipinski definition) is 0. The largest absolute Gasteiger partial charge is 0.461 e. The number of piperidine rings is 1. The van der Waals surface area contributed by atoms with E-state index >= 15 is 0 Å². The fourth-order valence-electron chi connectivity index (χ4n) is 2.54. The number of non-ortho nitro benzene ring substituents is 1. The summed E-state index contributed by atoms with van der Waals surface area (Å²) in [5.41, 5.74) is 0.550. The van der Waals surface area contributed by atoms with Gasteiger partial charge in [-0.15, -0.1) is 0 Å². The normalized spacial score (nSPS) is 15.7. The molecule has 27 heavy (non-hydrogen) atoms. The molecule has 1 heterocycles. The summed E-state index contributed by atoms with van der Waals surface area (Å²) in [5, 5.41) is 10.6. The molecular formula is C17H17F3N2O5. The molecule has 0 radical (unpaired) electrons. The van der Waals surface area contributed by atoms with Gasteiger partial charge in [0.25, 0.3) is 11.5 Å². The van der Waals surface area contributed by atoms with E-state index in [1.165, 1.54) is 24.3 Å². The number of benzene rings is 1. The Bertz CT molecular complexity index is 723. The van der Waals surface area contributed by atoms with Crippen molar-refractivity contribution in [2.45, 2.75) is 25.6 Å². The van der Waals surface area contributed by atoms with Gasteiger partial charge in [-0.1, -0.05) is 0 Å². The van der Waals surface area contributed by atoms with Crippen molar-refractivity contribution >= 4 is 17.4 Å². The molecule has 0 aromatic heterocycles. The molecule has 0 saturated carbocycles. The minimum absolute atomic E-state index is 0.0168. The molecule has 0 amide bonds. The van der Waals surface area contributed by atoms with Crippen LogP contribution in [0.4, 0.5) is 18.9 Å². The van der Waals surface area contributed by atoms with Gasteiger partial charge in [-0.05, 0) is 30.5 Å². The van der Waals surface area contributed by atoms with Gasteiger partial charge in [-0.3, -0.25) is 19.7 Å². The molecule has 1 aromatic carbocycles. The smallest absolute Gasteiger partial charge is 0.454 e. The minimum atomic E-state index is -4.89. The van der Waals surface area contributed by atoms with Crippen molar-refractivity contribution in [3.63, 3.8) is 0 Å². The summed E-state index contributed by atoms with van der Waals surface area (Å²) in [6.45, 7) is 0.648. The summed E-state index contributed by atoms with van der Waals surface area (Å²) >= 11 is 0. The zero-order chi connectivity index (χ0) is 20.0. The van der Waals surface area contributed by atoms with Crippen molar-refractivity contribution in [1.82, 2.24) is 4.90 Å². The van der Waals surface area contributed by atoms with Gasteiger partial charge in [0.1, 0.15) is 6.61 Å². The first-order chi connectivity index (χ1) is 12.7. The minimum Gasteiger partial charge on any atom is -0.461 e. The van der Waals surface area contributed by atoms with Gasteiger partial charge < -0.3 is 9.64 Å². The summed E-state index contributed by atoms with van der Waals surface area (Å²) in [6, 6.07) is 5.62. The van der Waals surface area contributed by atoms with Crippen LogP contribution in [0.5, 0.6) is 0 Å². The standard InChI is InChI=1S/C17H17F3N2O5/c18-17(19,20)15(23)7-10-21-8-5-13(6-9-21)16(24)27-11-12-1-3-14(4-2-12)22(25)26/h1-4,7,10,13H,5-6,8-9,11H2/b10-7+. The maximum absolute atomic E-state index is 12.1. The molecule has 146 valence electrons. The number of alkyl halides is 3. The van der Waals surface area contributed by atoms with Crippen LogP contribution in [0, 0.1) is 16.0 Å². The SMILES string of the molecule is O=C(OCc1ccc([N+](=O)[O-])cc1)C1CCN(/C=C/C(=O)C(F)(F)F)CC1. The Labute approximate surface area is 152 Å². The number of halogens is 3. The van der Waals surface area contributed by atoms with E-state index in [0.717, 1.165) is 6.20 Å². The third-order valence-electron chi connectivity index (χ3n) is 4.11. The van der Waals surface area contributed by atoms with Crippen LogP contribution in [0.25, 0.3) is 0 Å². The lowest BCUT2D eigenvalue weighted by Gasteiger charge is -2.29. The Morgan fingerprint density at radius 1 is 1.22 bits per heavy atom. The molecule has 2 rings (SSSR count). The van der Waals surface area contributed by atoms with E-state index in [2.05, 4.69) is 0 Å². The summed E-state index contributed by atoms with van der Waals surface area (Å²) in [7, 11) is 0. The monoisotopic (exact) mass is 386 g/mol. The van der Waals surface area contributed by atoms with Gasteiger partial charge in [-0.25, -0.2) is 0 Å². The first-order valence-electron chi connectivity index (χ1n) is 8.10. The van der Waals surface area contributed by atoms with Crippen LogP contribution in [0.1, 0.15) is 18.4 Å². The van der Waals surface area contributed by atoms with Crippen molar-refractivity contribution in [1.29, 1.82) is 0 Å². The first-order valence-corrected chi connectivity index (χ1v) is 8.10. The molecule has 1 saturated heterocycles. The van der Waals surface area contributed by atoms with Crippen LogP contribution in [-0.4, -0.2) is 40.8 Å². The lowest BCUT2D eigenvalue weighted by Crippen LogP contribution is -2.34. The molecule has 0 atom stereocenters. The number of nitrogens with zero attached hydrogens (tertiary/aromatic N) is 2. The topological polar surface area (TPSA) is 89.8 Å². The zero-order valence-electron chi connectivity index (χ0n) is 14.1. The van der Waals surface area contributed by atoms with Crippen LogP contribution in [0.15, 0.2) is 36.5 Å². The van der Waals surface area contributed by atoms with E-state index in [0.29, 0.717) is 37.6 Å². The van der Waals surface area contributed by atoms with E-state index in [9.17, 15) is 32.9 Å². The van der Waals surface area contributed by atoms with E-state index in [1.807, 2.05) is 0 Å². The molecular weight excluding hydrogens is 369 g/mol. The Morgan fingerprint density at radius 3 is 2.33 bits per heavy atom. The number of rotatable bonds is 6. The average molecular weight is 386 g/mol. The van der Waals surface area contributed by atoms with Gasteiger partial charge in [0.2, 0.25) is 0 Å². The van der Waals surface area contributed by atoms with E-state index < -0.39 is 22.9 Å².